The molecule has 0 spiro atoms. The van der Waals surface area contributed by atoms with Crippen molar-refractivity contribution in [2.45, 2.75) is 32.0 Å². The van der Waals surface area contributed by atoms with Crippen LogP contribution in [0.25, 0.3) is 0 Å². The third-order valence-electron chi connectivity index (χ3n) is 4.52. The molecule has 1 fully saturated rings. The van der Waals surface area contributed by atoms with Crippen molar-refractivity contribution in [2.24, 2.45) is 0 Å². The van der Waals surface area contributed by atoms with Gasteiger partial charge < -0.3 is 14.5 Å². The summed E-state index contributed by atoms with van der Waals surface area (Å²) in [4.78, 5) is 16.9. The molecule has 2 aliphatic heterocycles. The molecule has 0 aliphatic carbocycles. The van der Waals surface area contributed by atoms with Gasteiger partial charge in [-0.2, -0.15) is 5.26 Å². The summed E-state index contributed by atoms with van der Waals surface area (Å²) in [6.45, 7) is 2.97. The summed E-state index contributed by atoms with van der Waals surface area (Å²) in [6, 6.07) is 3.82. The van der Waals surface area contributed by atoms with E-state index in [1.165, 1.54) is 0 Å². The van der Waals surface area contributed by atoms with Crippen molar-refractivity contribution in [1.82, 2.24) is 19.9 Å². The number of piperidine rings is 1. The van der Waals surface area contributed by atoms with Crippen LogP contribution in [0.4, 0.5) is 5.82 Å². The lowest BCUT2D eigenvalue weighted by atomic mass is 10.1. The molecule has 0 bridgehead atoms. The van der Waals surface area contributed by atoms with E-state index in [4.69, 9.17) is 10.00 Å². The first-order valence-electron chi connectivity index (χ1n) is 8.12. The number of fused-ring (bicyclic) bond motifs is 1. The molecule has 2 aromatic heterocycles. The highest BCUT2D eigenvalue weighted by atomic mass is 16.5. The summed E-state index contributed by atoms with van der Waals surface area (Å²) in [7, 11) is 0. The molecule has 2 aromatic rings. The topological polar surface area (TPSA) is 78.2 Å². The number of nitrogens with zero attached hydrogens (tertiary/aromatic N) is 6. The van der Waals surface area contributed by atoms with Gasteiger partial charge in [0, 0.05) is 37.7 Å². The van der Waals surface area contributed by atoms with E-state index in [2.05, 4.69) is 26.0 Å². The average molecular weight is 322 g/mol. The molecule has 7 nitrogen and oxygen atoms in total. The van der Waals surface area contributed by atoms with Gasteiger partial charge in [-0.1, -0.05) is 0 Å². The Morgan fingerprint density at radius 1 is 1.21 bits per heavy atom. The second kappa shape index (κ2) is 6.32. The third-order valence-corrected chi connectivity index (χ3v) is 4.52. The van der Waals surface area contributed by atoms with E-state index in [1.807, 2.05) is 12.1 Å². The van der Waals surface area contributed by atoms with Crippen molar-refractivity contribution in [2.75, 3.05) is 18.0 Å². The van der Waals surface area contributed by atoms with Gasteiger partial charge in [0.2, 0.25) is 0 Å². The van der Waals surface area contributed by atoms with Gasteiger partial charge in [0.1, 0.15) is 24.0 Å². The molecule has 0 radical (unpaired) electrons. The summed E-state index contributed by atoms with van der Waals surface area (Å²) < 4.78 is 5.99. The summed E-state index contributed by atoms with van der Waals surface area (Å²) in [5.74, 6) is 1.79. The minimum absolute atomic E-state index is 0.205. The first-order valence-corrected chi connectivity index (χ1v) is 8.12. The number of pyridine rings is 1. The molecule has 1 saturated heterocycles. The molecule has 7 heteroatoms. The van der Waals surface area contributed by atoms with Gasteiger partial charge in [0.15, 0.2) is 6.19 Å². The van der Waals surface area contributed by atoms with Crippen LogP contribution in [-0.4, -0.2) is 39.0 Å². The van der Waals surface area contributed by atoms with Crippen molar-refractivity contribution in [1.29, 1.82) is 5.26 Å². The van der Waals surface area contributed by atoms with Crippen molar-refractivity contribution in [3.63, 3.8) is 0 Å². The number of nitriles is 1. The molecule has 0 amide bonds. The number of ether oxygens (including phenoxy) is 1. The van der Waals surface area contributed by atoms with Crippen molar-refractivity contribution in [3.8, 4) is 11.9 Å². The van der Waals surface area contributed by atoms with Gasteiger partial charge in [0.05, 0.1) is 25.0 Å². The monoisotopic (exact) mass is 322 g/mol. The number of hydrogen-bond donors (Lipinski definition) is 0. The molecule has 2 aliphatic rings. The van der Waals surface area contributed by atoms with Crippen LogP contribution in [-0.2, 0) is 13.1 Å². The molecule has 4 heterocycles. The Bertz CT molecular complexity index is 751. The number of aromatic nitrogens is 3. The molecule has 0 aromatic carbocycles. The van der Waals surface area contributed by atoms with E-state index >= 15 is 0 Å². The number of hydrogen-bond acceptors (Lipinski definition) is 7. The highest BCUT2D eigenvalue weighted by molar-refractivity contribution is 5.50. The predicted octanol–water partition coefficient (Wildman–Crippen LogP) is 1.72. The minimum atomic E-state index is 0.205. The smallest absolute Gasteiger partial charge is 0.180 e. The Morgan fingerprint density at radius 3 is 2.83 bits per heavy atom. The zero-order chi connectivity index (χ0) is 16.4. The molecule has 0 saturated carbocycles. The maximum Gasteiger partial charge on any atom is 0.180 e. The van der Waals surface area contributed by atoms with Gasteiger partial charge >= 0.3 is 0 Å². The van der Waals surface area contributed by atoms with Crippen molar-refractivity contribution in [3.05, 3.63) is 42.1 Å². The lowest BCUT2D eigenvalue weighted by molar-refractivity contribution is 0.170. The van der Waals surface area contributed by atoms with Crippen LogP contribution in [0.2, 0.25) is 0 Å². The molecule has 4 rings (SSSR count). The van der Waals surface area contributed by atoms with Crippen LogP contribution in [0.15, 0.2) is 30.9 Å². The van der Waals surface area contributed by atoms with Gasteiger partial charge in [0.25, 0.3) is 0 Å². The average Bonchev–Trinajstić information content (AvgIpc) is 3.07. The van der Waals surface area contributed by atoms with Crippen LogP contribution >= 0.6 is 0 Å². The normalized spacial score (nSPS) is 17.5. The lowest BCUT2D eigenvalue weighted by Crippen LogP contribution is -2.39. The second-order valence-corrected chi connectivity index (χ2v) is 6.07. The molecular weight excluding hydrogens is 304 g/mol. The second-order valence-electron chi connectivity index (χ2n) is 6.07. The third kappa shape index (κ3) is 2.83. The Labute approximate surface area is 140 Å². The van der Waals surface area contributed by atoms with Crippen LogP contribution in [0, 0.1) is 11.5 Å². The van der Waals surface area contributed by atoms with Crippen LogP contribution < -0.4 is 9.64 Å². The van der Waals surface area contributed by atoms with Crippen molar-refractivity contribution < 1.29 is 4.74 Å². The summed E-state index contributed by atoms with van der Waals surface area (Å²) in [5, 5.41) is 9.11. The highest BCUT2D eigenvalue weighted by Crippen LogP contribution is 2.30. The molecule has 24 heavy (non-hydrogen) atoms. The molecular formula is C17H18N6O. The molecule has 0 unspecified atom stereocenters. The molecule has 0 N–H and O–H groups in total. The van der Waals surface area contributed by atoms with E-state index in [0.717, 1.165) is 48.8 Å². The van der Waals surface area contributed by atoms with Gasteiger partial charge in [-0.3, -0.25) is 4.98 Å². The van der Waals surface area contributed by atoms with Gasteiger partial charge in [-0.25, -0.2) is 9.97 Å². The zero-order valence-electron chi connectivity index (χ0n) is 13.3. The fourth-order valence-electron chi connectivity index (χ4n) is 3.30. The van der Waals surface area contributed by atoms with Crippen LogP contribution in [0.1, 0.15) is 24.1 Å². The Hall–Kier alpha value is -2.88. The van der Waals surface area contributed by atoms with Crippen molar-refractivity contribution >= 4 is 5.82 Å². The Morgan fingerprint density at radius 2 is 2.08 bits per heavy atom. The maximum atomic E-state index is 9.11. The van der Waals surface area contributed by atoms with E-state index in [9.17, 15) is 0 Å². The van der Waals surface area contributed by atoms with Gasteiger partial charge in [-0.05, 0) is 12.1 Å². The predicted molar refractivity (Wildman–Crippen MR) is 87.0 cm³/mol. The first kappa shape index (κ1) is 14.7. The standard InChI is InChI=1S/C17H18N6O/c18-11-22-9-15-16(10-22)20-12-21-17(15)23-6-3-13(4-7-23)24-14-2-1-5-19-8-14/h1-2,5,8,12-13H,3-4,6-7,9-10H2. The summed E-state index contributed by atoms with van der Waals surface area (Å²) in [5.41, 5.74) is 2.06. The van der Waals surface area contributed by atoms with Gasteiger partial charge in [-0.15, -0.1) is 0 Å². The maximum absolute atomic E-state index is 9.11. The summed E-state index contributed by atoms with van der Waals surface area (Å²) in [6.07, 6.45) is 9.38. The zero-order valence-corrected chi connectivity index (χ0v) is 13.3. The first-order chi connectivity index (χ1) is 11.8. The highest BCUT2D eigenvalue weighted by Gasteiger charge is 2.28. The van der Waals surface area contributed by atoms with E-state index < -0.39 is 0 Å². The fourth-order valence-corrected chi connectivity index (χ4v) is 3.30. The van der Waals surface area contributed by atoms with E-state index in [1.54, 1.807) is 23.6 Å². The largest absolute Gasteiger partial charge is 0.489 e. The molecule has 122 valence electrons. The van der Waals surface area contributed by atoms with E-state index in [-0.39, 0.29) is 6.10 Å². The van der Waals surface area contributed by atoms with Crippen LogP contribution in [0.3, 0.4) is 0 Å². The van der Waals surface area contributed by atoms with E-state index in [0.29, 0.717) is 13.1 Å². The summed E-state index contributed by atoms with van der Waals surface area (Å²) >= 11 is 0. The Balaban J connectivity index is 1.42. The lowest BCUT2D eigenvalue weighted by Gasteiger charge is -2.33. The number of anilines is 1. The van der Waals surface area contributed by atoms with Crippen LogP contribution in [0.5, 0.6) is 5.75 Å². The number of rotatable bonds is 3. The SMILES string of the molecule is N#CN1Cc2ncnc(N3CCC(Oc4cccnc4)CC3)c2C1. The quantitative estimate of drug-likeness (QED) is 0.796. The Kier molecular flexibility index (Phi) is 3.87. The molecule has 0 atom stereocenters. The fraction of sp³-hybridized carbons (Fsp3) is 0.412. The minimum Gasteiger partial charge on any atom is -0.489 e.